The lowest BCUT2D eigenvalue weighted by Crippen LogP contribution is -2.24. The Labute approximate surface area is 117 Å². The Bertz CT molecular complexity index is 382. The molecule has 0 aromatic heterocycles. The SMILES string of the molecule is COC(C)(C)CCC(N)c1ccc(Cl)cc1Br. The summed E-state index contributed by atoms with van der Waals surface area (Å²) in [6, 6.07) is 5.70. The second kappa shape index (κ2) is 6.19. The Balaban J connectivity index is 2.67. The van der Waals surface area contributed by atoms with Gasteiger partial charge < -0.3 is 10.5 Å². The highest BCUT2D eigenvalue weighted by Crippen LogP contribution is 2.29. The highest BCUT2D eigenvalue weighted by molar-refractivity contribution is 9.10. The molecule has 0 radical (unpaired) electrons. The van der Waals surface area contributed by atoms with Crippen molar-refractivity contribution in [1.29, 1.82) is 0 Å². The lowest BCUT2D eigenvalue weighted by Gasteiger charge is -2.25. The lowest BCUT2D eigenvalue weighted by molar-refractivity contribution is 0.0125. The predicted molar refractivity (Wildman–Crippen MR) is 76.4 cm³/mol. The fourth-order valence-corrected chi connectivity index (χ4v) is 2.54. The molecule has 2 N–H and O–H groups in total. The van der Waals surface area contributed by atoms with Crippen molar-refractivity contribution in [2.24, 2.45) is 5.73 Å². The van der Waals surface area contributed by atoms with Crippen LogP contribution in [0.1, 0.15) is 38.3 Å². The van der Waals surface area contributed by atoms with E-state index in [1.807, 2.05) is 18.2 Å². The van der Waals surface area contributed by atoms with E-state index in [4.69, 9.17) is 22.1 Å². The monoisotopic (exact) mass is 319 g/mol. The molecule has 1 atom stereocenters. The summed E-state index contributed by atoms with van der Waals surface area (Å²) in [7, 11) is 1.73. The van der Waals surface area contributed by atoms with Crippen LogP contribution in [0.4, 0.5) is 0 Å². The first-order valence-corrected chi connectivity index (χ1v) is 6.78. The van der Waals surface area contributed by atoms with Gasteiger partial charge in [0.2, 0.25) is 0 Å². The molecule has 0 aliphatic rings. The minimum Gasteiger partial charge on any atom is -0.379 e. The molecule has 4 heteroatoms. The normalized spacial score (nSPS) is 13.8. The summed E-state index contributed by atoms with van der Waals surface area (Å²) >= 11 is 9.39. The fourth-order valence-electron chi connectivity index (χ4n) is 1.56. The van der Waals surface area contributed by atoms with Gasteiger partial charge in [0.25, 0.3) is 0 Å². The molecule has 1 aromatic rings. The quantitative estimate of drug-likeness (QED) is 0.877. The van der Waals surface area contributed by atoms with Crippen molar-refractivity contribution in [3.63, 3.8) is 0 Å². The molecule has 0 saturated carbocycles. The Morgan fingerprint density at radius 1 is 1.47 bits per heavy atom. The largest absolute Gasteiger partial charge is 0.379 e. The van der Waals surface area contributed by atoms with Gasteiger partial charge in [-0.1, -0.05) is 33.6 Å². The summed E-state index contributed by atoms with van der Waals surface area (Å²) in [6.45, 7) is 4.13. The molecular formula is C13H19BrClNO. The van der Waals surface area contributed by atoms with Gasteiger partial charge in [-0.25, -0.2) is 0 Å². The van der Waals surface area contributed by atoms with E-state index in [2.05, 4.69) is 29.8 Å². The average Bonchev–Trinajstić information content (AvgIpc) is 2.26. The van der Waals surface area contributed by atoms with Crippen molar-refractivity contribution < 1.29 is 4.74 Å². The van der Waals surface area contributed by atoms with E-state index in [9.17, 15) is 0 Å². The molecule has 0 bridgehead atoms. The van der Waals surface area contributed by atoms with E-state index >= 15 is 0 Å². The molecule has 0 aliphatic carbocycles. The van der Waals surface area contributed by atoms with Crippen LogP contribution in [0.25, 0.3) is 0 Å². The van der Waals surface area contributed by atoms with E-state index in [1.165, 1.54) is 0 Å². The van der Waals surface area contributed by atoms with Gasteiger partial charge in [0.05, 0.1) is 5.60 Å². The summed E-state index contributed by atoms with van der Waals surface area (Å²) in [5.41, 5.74) is 7.14. The maximum atomic E-state index is 6.18. The van der Waals surface area contributed by atoms with Crippen molar-refractivity contribution in [1.82, 2.24) is 0 Å². The molecule has 17 heavy (non-hydrogen) atoms. The third-order valence-electron chi connectivity index (χ3n) is 2.97. The van der Waals surface area contributed by atoms with Gasteiger partial charge in [0.15, 0.2) is 0 Å². The Morgan fingerprint density at radius 2 is 2.12 bits per heavy atom. The van der Waals surface area contributed by atoms with Gasteiger partial charge >= 0.3 is 0 Å². The van der Waals surface area contributed by atoms with Crippen molar-refractivity contribution >= 4 is 27.5 Å². The molecule has 0 heterocycles. The zero-order valence-corrected chi connectivity index (χ0v) is 12.8. The minimum atomic E-state index is -0.128. The van der Waals surface area contributed by atoms with Crippen molar-refractivity contribution in [2.45, 2.75) is 38.3 Å². The van der Waals surface area contributed by atoms with E-state index in [0.717, 1.165) is 22.9 Å². The summed E-state index contributed by atoms with van der Waals surface area (Å²) < 4.78 is 6.35. The number of hydrogen-bond donors (Lipinski definition) is 1. The van der Waals surface area contributed by atoms with Crippen LogP contribution >= 0.6 is 27.5 Å². The number of nitrogens with two attached hydrogens (primary N) is 1. The standard InChI is InChI=1S/C13H19BrClNO/c1-13(2,17-3)7-6-12(16)10-5-4-9(15)8-11(10)14/h4-5,8,12H,6-7,16H2,1-3H3. The molecule has 0 saturated heterocycles. The molecule has 0 fully saturated rings. The van der Waals surface area contributed by atoms with Crippen molar-refractivity contribution in [2.75, 3.05) is 7.11 Å². The maximum Gasteiger partial charge on any atom is 0.0623 e. The van der Waals surface area contributed by atoms with Gasteiger partial charge in [0, 0.05) is 22.6 Å². The number of ether oxygens (including phenoxy) is 1. The predicted octanol–water partition coefficient (Wildman–Crippen LogP) is 4.31. The minimum absolute atomic E-state index is 0.00364. The molecule has 1 unspecified atom stereocenters. The van der Waals surface area contributed by atoms with Crippen molar-refractivity contribution in [3.8, 4) is 0 Å². The molecule has 96 valence electrons. The second-order valence-electron chi connectivity index (χ2n) is 4.77. The van der Waals surface area contributed by atoms with Crippen LogP contribution in [0.5, 0.6) is 0 Å². The molecule has 1 rings (SSSR count). The smallest absolute Gasteiger partial charge is 0.0623 e. The van der Waals surface area contributed by atoms with Crippen LogP contribution in [0, 0.1) is 0 Å². The number of methoxy groups -OCH3 is 1. The summed E-state index contributed by atoms with van der Waals surface area (Å²) in [4.78, 5) is 0. The maximum absolute atomic E-state index is 6.18. The van der Waals surface area contributed by atoms with Crippen LogP contribution in [0.3, 0.4) is 0 Å². The highest BCUT2D eigenvalue weighted by atomic mass is 79.9. The first-order chi connectivity index (χ1) is 7.85. The van der Waals surface area contributed by atoms with Crippen LogP contribution in [0.2, 0.25) is 5.02 Å². The lowest BCUT2D eigenvalue weighted by atomic mass is 9.95. The summed E-state index contributed by atoms with van der Waals surface area (Å²) in [5.74, 6) is 0. The molecular weight excluding hydrogens is 302 g/mol. The average molecular weight is 321 g/mol. The number of halogens is 2. The van der Waals surface area contributed by atoms with E-state index < -0.39 is 0 Å². The zero-order valence-electron chi connectivity index (χ0n) is 10.5. The van der Waals surface area contributed by atoms with Crippen LogP contribution in [0.15, 0.2) is 22.7 Å². The van der Waals surface area contributed by atoms with Gasteiger partial charge in [-0.15, -0.1) is 0 Å². The highest BCUT2D eigenvalue weighted by Gasteiger charge is 2.19. The van der Waals surface area contributed by atoms with Gasteiger partial charge in [-0.2, -0.15) is 0 Å². The molecule has 0 spiro atoms. The third kappa shape index (κ3) is 4.59. The fraction of sp³-hybridized carbons (Fsp3) is 0.538. The van der Waals surface area contributed by atoms with Gasteiger partial charge in [0.1, 0.15) is 0 Å². The van der Waals surface area contributed by atoms with Crippen molar-refractivity contribution in [3.05, 3.63) is 33.3 Å². The number of hydrogen-bond acceptors (Lipinski definition) is 2. The van der Waals surface area contributed by atoms with Crippen LogP contribution in [-0.2, 0) is 4.74 Å². The first-order valence-electron chi connectivity index (χ1n) is 5.61. The first kappa shape index (κ1) is 15.0. The third-order valence-corrected chi connectivity index (χ3v) is 3.89. The molecule has 1 aromatic carbocycles. The second-order valence-corrected chi connectivity index (χ2v) is 6.07. The molecule has 0 aliphatic heterocycles. The number of rotatable bonds is 5. The zero-order chi connectivity index (χ0) is 13.1. The number of benzene rings is 1. The summed E-state index contributed by atoms with van der Waals surface area (Å²) in [5, 5.41) is 0.713. The topological polar surface area (TPSA) is 35.2 Å². The van der Waals surface area contributed by atoms with E-state index in [-0.39, 0.29) is 11.6 Å². The Morgan fingerprint density at radius 3 is 2.65 bits per heavy atom. The molecule has 2 nitrogen and oxygen atoms in total. The Hall–Kier alpha value is -0.0900. The molecule has 0 amide bonds. The van der Waals surface area contributed by atoms with Crippen LogP contribution in [-0.4, -0.2) is 12.7 Å². The van der Waals surface area contributed by atoms with E-state index in [0.29, 0.717) is 5.02 Å². The Kier molecular flexibility index (Phi) is 5.45. The van der Waals surface area contributed by atoms with Crippen LogP contribution < -0.4 is 5.73 Å². The summed E-state index contributed by atoms with van der Waals surface area (Å²) in [6.07, 6.45) is 1.79. The van der Waals surface area contributed by atoms with Gasteiger partial charge in [-0.05, 0) is 44.4 Å². The van der Waals surface area contributed by atoms with E-state index in [1.54, 1.807) is 7.11 Å². The van der Waals surface area contributed by atoms with Gasteiger partial charge in [-0.3, -0.25) is 0 Å².